The molecule has 1 heterocycles. The number of aromatic nitrogens is 2. The lowest BCUT2D eigenvalue weighted by Gasteiger charge is -1.91. The van der Waals surface area contributed by atoms with Crippen molar-refractivity contribution in [2.75, 3.05) is 0 Å². The minimum absolute atomic E-state index is 0. The van der Waals surface area contributed by atoms with Crippen LogP contribution < -0.4 is 0 Å². The molecule has 1 N–H and O–H groups in total. The Morgan fingerprint density at radius 3 is 2.92 bits per heavy atom. The average molecular weight is 282 g/mol. The van der Waals surface area contributed by atoms with Gasteiger partial charge in [0.1, 0.15) is 0 Å². The van der Waals surface area contributed by atoms with E-state index in [1.807, 2.05) is 18.2 Å². The smallest absolute Gasteiger partial charge is 0.0924 e. The van der Waals surface area contributed by atoms with Gasteiger partial charge in [-0.05, 0) is 18.2 Å². The monoisotopic (exact) mass is 280 g/mol. The molecule has 1 aromatic carbocycles. The van der Waals surface area contributed by atoms with Crippen molar-refractivity contribution in [3.05, 3.63) is 28.4 Å². The Morgan fingerprint density at radius 2 is 2.23 bits per heavy atom. The summed E-state index contributed by atoms with van der Waals surface area (Å²) in [5, 5.41) is 8.07. The summed E-state index contributed by atoms with van der Waals surface area (Å²) in [6, 6.07) is 5.92. The summed E-state index contributed by atoms with van der Waals surface area (Å²) in [5.41, 5.74) is 1.92. The van der Waals surface area contributed by atoms with Gasteiger partial charge in [0.25, 0.3) is 0 Å². The van der Waals surface area contributed by atoms with Crippen LogP contribution >= 0.6 is 39.9 Å². The number of hydrogen-bond acceptors (Lipinski definition) is 1. The molecule has 5 heteroatoms. The van der Waals surface area contributed by atoms with Gasteiger partial charge in [-0.3, -0.25) is 5.10 Å². The van der Waals surface area contributed by atoms with Gasteiger partial charge in [-0.25, -0.2) is 0 Å². The molecule has 0 unspecified atom stereocenters. The van der Waals surface area contributed by atoms with Crippen molar-refractivity contribution in [1.82, 2.24) is 10.2 Å². The van der Waals surface area contributed by atoms with Gasteiger partial charge in [-0.2, -0.15) is 5.10 Å². The molecule has 13 heavy (non-hydrogen) atoms. The Kier molecular flexibility index (Phi) is 3.59. The third kappa shape index (κ3) is 1.98. The van der Waals surface area contributed by atoms with Crippen molar-refractivity contribution in [1.29, 1.82) is 0 Å². The first-order valence-corrected chi connectivity index (χ1v) is 4.82. The van der Waals surface area contributed by atoms with Crippen LogP contribution in [0.1, 0.15) is 5.69 Å². The topological polar surface area (TPSA) is 28.7 Å². The Hall–Kier alpha value is -0.250. The second-order valence-corrected chi connectivity index (χ2v) is 3.68. The molecule has 2 nitrogen and oxygen atoms in total. The predicted molar refractivity (Wildman–Crippen MR) is 60.6 cm³/mol. The SMILES string of the molecule is Cl.ClCc1[nH]nc2ccc(Br)cc12. The van der Waals surface area contributed by atoms with Gasteiger partial charge in [-0.1, -0.05) is 15.9 Å². The summed E-state index contributed by atoms with van der Waals surface area (Å²) in [7, 11) is 0. The molecule has 0 spiro atoms. The third-order valence-corrected chi connectivity index (χ3v) is 2.49. The highest BCUT2D eigenvalue weighted by atomic mass is 79.9. The number of halogens is 3. The summed E-state index contributed by atoms with van der Waals surface area (Å²) in [6.07, 6.45) is 0. The van der Waals surface area contributed by atoms with Gasteiger partial charge in [-0.15, -0.1) is 24.0 Å². The van der Waals surface area contributed by atoms with Crippen LogP contribution in [0.5, 0.6) is 0 Å². The molecule has 0 amide bonds. The molecule has 0 fully saturated rings. The normalized spacial score (nSPS) is 10.0. The lowest BCUT2D eigenvalue weighted by atomic mass is 10.2. The maximum absolute atomic E-state index is 5.71. The molecular formula is C8H7BrCl2N2. The number of nitrogens with zero attached hydrogens (tertiary/aromatic N) is 1. The maximum Gasteiger partial charge on any atom is 0.0924 e. The minimum Gasteiger partial charge on any atom is -0.280 e. The van der Waals surface area contributed by atoms with E-state index in [9.17, 15) is 0 Å². The fraction of sp³-hybridized carbons (Fsp3) is 0.125. The fourth-order valence-corrected chi connectivity index (χ4v) is 1.70. The molecule has 0 saturated heterocycles. The average Bonchev–Trinajstić information content (AvgIpc) is 2.46. The largest absolute Gasteiger partial charge is 0.280 e. The zero-order chi connectivity index (χ0) is 8.55. The maximum atomic E-state index is 5.71. The zero-order valence-corrected chi connectivity index (χ0v) is 9.71. The Balaban J connectivity index is 0.000000845. The molecule has 0 saturated carbocycles. The van der Waals surface area contributed by atoms with Crippen LogP contribution in [0.15, 0.2) is 22.7 Å². The molecule has 0 atom stereocenters. The van der Waals surface area contributed by atoms with Crippen LogP contribution in [0, 0.1) is 0 Å². The van der Waals surface area contributed by atoms with E-state index < -0.39 is 0 Å². The summed E-state index contributed by atoms with van der Waals surface area (Å²) in [4.78, 5) is 0. The van der Waals surface area contributed by atoms with Gasteiger partial charge in [0.15, 0.2) is 0 Å². The van der Waals surface area contributed by atoms with Crippen molar-refractivity contribution in [3.8, 4) is 0 Å². The second kappa shape index (κ2) is 4.31. The van der Waals surface area contributed by atoms with Gasteiger partial charge >= 0.3 is 0 Å². The van der Waals surface area contributed by atoms with Crippen molar-refractivity contribution < 1.29 is 0 Å². The number of rotatable bonds is 1. The Labute approximate surface area is 95.2 Å². The van der Waals surface area contributed by atoms with E-state index in [2.05, 4.69) is 26.1 Å². The highest BCUT2D eigenvalue weighted by molar-refractivity contribution is 9.10. The molecule has 0 aliphatic rings. The third-order valence-electron chi connectivity index (χ3n) is 1.73. The molecular weight excluding hydrogens is 275 g/mol. The van der Waals surface area contributed by atoms with Crippen LogP contribution in [-0.2, 0) is 5.88 Å². The van der Waals surface area contributed by atoms with Crippen molar-refractivity contribution >= 4 is 50.8 Å². The molecule has 0 radical (unpaired) electrons. The molecule has 0 aliphatic heterocycles. The van der Waals surface area contributed by atoms with Crippen LogP contribution in [0.4, 0.5) is 0 Å². The van der Waals surface area contributed by atoms with Gasteiger partial charge in [0, 0.05) is 9.86 Å². The van der Waals surface area contributed by atoms with E-state index in [4.69, 9.17) is 11.6 Å². The van der Waals surface area contributed by atoms with E-state index >= 15 is 0 Å². The first-order valence-electron chi connectivity index (χ1n) is 3.50. The molecule has 1 aromatic heterocycles. The number of aromatic amines is 1. The molecule has 2 aromatic rings. The minimum atomic E-state index is 0. The van der Waals surface area contributed by atoms with Crippen molar-refractivity contribution in [2.45, 2.75) is 5.88 Å². The van der Waals surface area contributed by atoms with Crippen LogP contribution in [0.25, 0.3) is 10.9 Å². The van der Waals surface area contributed by atoms with Gasteiger partial charge in [0.2, 0.25) is 0 Å². The summed E-state index contributed by atoms with van der Waals surface area (Å²) >= 11 is 9.11. The second-order valence-electron chi connectivity index (χ2n) is 2.50. The lowest BCUT2D eigenvalue weighted by Crippen LogP contribution is -1.76. The predicted octanol–water partition coefficient (Wildman–Crippen LogP) is 3.49. The number of fused-ring (bicyclic) bond motifs is 1. The molecule has 70 valence electrons. The zero-order valence-electron chi connectivity index (χ0n) is 6.55. The van der Waals surface area contributed by atoms with Crippen LogP contribution in [-0.4, -0.2) is 10.2 Å². The number of alkyl halides is 1. The number of benzene rings is 1. The van der Waals surface area contributed by atoms with E-state index in [1.54, 1.807) is 0 Å². The quantitative estimate of drug-likeness (QED) is 0.797. The number of hydrogen-bond donors (Lipinski definition) is 1. The summed E-state index contributed by atoms with van der Waals surface area (Å²) in [6.45, 7) is 0. The number of H-pyrrole nitrogens is 1. The van der Waals surface area contributed by atoms with Crippen molar-refractivity contribution in [3.63, 3.8) is 0 Å². The highest BCUT2D eigenvalue weighted by Gasteiger charge is 2.03. The van der Waals surface area contributed by atoms with Gasteiger partial charge < -0.3 is 0 Å². The summed E-state index contributed by atoms with van der Waals surface area (Å²) < 4.78 is 1.04. The van der Waals surface area contributed by atoms with E-state index in [1.165, 1.54) is 0 Å². The van der Waals surface area contributed by atoms with Crippen LogP contribution in [0.2, 0.25) is 0 Å². The molecule has 0 bridgehead atoms. The fourth-order valence-electron chi connectivity index (χ4n) is 1.14. The van der Waals surface area contributed by atoms with E-state index in [0.29, 0.717) is 5.88 Å². The highest BCUT2D eigenvalue weighted by Crippen LogP contribution is 2.21. The Morgan fingerprint density at radius 1 is 1.46 bits per heavy atom. The first-order chi connectivity index (χ1) is 5.81. The Bertz CT molecular complexity index is 413. The van der Waals surface area contributed by atoms with E-state index in [0.717, 1.165) is 21.1 Å². The molecule has 0 aliphatic carbocycles. The first kappa shape index (κ1) is 10.8. The lowest BCUT2D eigenvalue weighted by molar-refractivity contribution is 1.05. The summed E-state index contributed by atoms with van der Waals surface area (Å²) in [5.74, 6) is 0.465. The van der Waals surface area contributed by atoms with Gasteiger partial charge in [0.05, 0.1) is 17.1 Å². The molecule has 2 rings (SSSR count). The number of nitrogens with one attached hydrogen (secondary N) is 1. The van der Waals surface area contributed by atoms with E-state index in [-0.39, 0.29) is 12.4 Å². The van der Waals surface area contributed by atoms with Crippen molar-refractivity contribution in [2.24, 2.45) is 0 Å². The van der Waals surface area contributed by atoms with Crippen LogP contribution in [0.3, 0.4) is 0 Å². The standard InChI is InChI=1S/C8H6BrClN2.ClH/c9-5-1-2-7-6(3-5)8(4-10)12-11-7;/h1-3H,4H2,(H,11,12);1H.